The van der Waals surface area contributed by atoms with Crippen LogP contribution in [-0.2, 0) is 38.2 Å². The van der Waals surface area contributed by atoms with Crippen LogP contribution in [0.5, 0.6) is 0 Å². The molecule has 0 amide bonds. The number of ether oxygens (including phenoxy) is 3. The molecule has 20 unspecified atom stereocenters. The SMILES string of the molecule is CC(=O)C1CC2CC1CC21CC2CC1C(C)C2C1C(=O)OC(=O)C1CC(CC(C)C(=O)OC1(C)CC2CCC1C2)C(=O)OC1(C)CC2CC1C1CCCC21. The van der Waals surface area contributed by atoms with Gasteiger partial charge in [0.15, 0.2) is 0 Å². The molecule has 0 N–H and O–H groups in total. The van der Waals surface area contributed by atoms with Crippen LogP contribution in [0, 0.1) is 106 Å². The molecule has 10 aliphatic rings. The normalized spacial score (nSPS) is 52.7. The zero-order valence-electron chi connectivity index (χ0n) is 33.4. The highest BCUT2D eigenvalue weighted by Crippen LogP contribution is 2.74. The number of ketones is 1. The van der Waals surface area contributed by atoms with E-state index in [2.05, 4.69) is 20.8 Å². The fraction of sp³-hybridized carbons (Fsp3) is 0.891. The molecule has 1 heterocycles. The number of fused-ring (bicyclic) bond motifs is 13. The molecule has 8 nitrogen and oxygen atoms in total. The van der Waals surface area contributed by atoms with Crippen LogP contribution in [0.1, 0.15) is 137 Å². The van der Waals surface area contributed by atoms with Gasteiger partial charge in [0.1, 0.15) is 17.0 Å². The van der Waals surface area contributed by atoms with Gasteiger partial charge < -0.3 is 14.2 Å². The van der Waals surface area contributed by atoms with Gasteiger partial charge in [-0.1, -0.05) is 20.3 Å². The summed E-state index contributed by atoms with van der Waals surface area (Å²) in [6, 6.07) is 0. The van der Waals surface area contributed by atoms with Crippen molar-refractivity contribution in [3.63, 3.8) is 0 Å². The van der Waals surface area contributed by atoms with E-state index in [1.165, 1.54) is 25.7 Å². The minimum Gasteiger partial charge on any atom is -0.459 e. The molecule has 0 aromatic rings. The van der Waals surface area contributed by atoms with Gasteiger partial charge in [0.05, 0.1) is 23.7 Å². The Morgan fingerprint density at radius 2 is 1.52 bits per heavy atom. The standard InChI is InChI=1S/C46H64O8/c1-22(40(48)53-44(4)18-25-9-10-30(44)12-25)11-26(41(49)54-45(5)19-28-15-37(45)33-8-6-7-32(28)33)14-35-39(43(51)52-42(35)50)38-23(2)36-16-29(38)21-46(36)20-27-13-31(46)17-34(27)24(3)47/h22-23,25-39H,6-21H2,1-5H3. The molecule has 10 fully saturated rings. The van der Waals surface area contributed by atoms with Crippen molar-refractivity contribution >= 4 is 29.7 Å². The summed E-state index contributed by atoms with van der Waals surface area (Å²) in [4.78, 5) is 68.4. The Labute approximate surface area is 321 Å². The lowest BCUT2D eigenvalue weighted by molar-refractivity contribution is -0.175. The maximum absolute atomic E-state index is 14.6. The Morgan fingerprint density at radius 3 is 2.20 bits per heavy atom. The minimum atomic E-state index is -0.724. The predicted molar refractivity (Wildman–Crippen MR) is 198 cm³/mol. The topological polar surface area (TPSA) is 113 Å². The Balaban J connectivity index is 0.884. The van der Waals surface area contributed by atoms with Crippen molar-refractivity contribution in [1.29, 1.82) is 0 Å². The highest BCUT2D eigenvalue weighted by atomic mass is 16.6. The lowest BCUT2D eigenvalue weighted by Gasteiger charge is -2.49. The van der Waals surface area contributed by atoms with Crippen LogP contribution in [0.15, 0.2) is 0 Å². The first-order valence-corrected chi connectivity index (χ1v) is 22.4. The van der Waals surface area contributed by atoms with Crippen molar-refractivity contribution in [2.75, 3.05) is 0 Å². The number of Topliss-reactive ketones (excluding diaryl/α,β-unsaturated/α-hetero) is 1. The monoisotopic (exact) mass is 744 g/mol. The molecular weight excluding hydrogens is 680 g/mol. The first-order chi connectivity index (χ1) is 25.7. The third-order valence-electron chi connectivity index (χ3n) is 19.5. The second kappa shape index (κ2) is 12.4. The van der Waals surface area contributed by atoms with E-state index in [-0.39, 0.29) is 47.9 Å². The third-order valence-corrected chi connectivity index (χ3v) is 19.5. The van der Waals surface area contributed by atoms with Crippen molar-refractivity contribution in [1.82, 2.24) is 0 Å². The van der Waals surface area contributed by atoms with E-state index in [9.17, 15) is 24.0 Å². The Kier molecular flexibility index (Phi) is 8.28. The number of carbonyl (C=O) groups excluding carboxylic acids is 5. The van der Waals surface area contributed by atoms with Crippen LogP contribution < -0.4 is 0 Å². The molecule has 54 heavy (non-hydrogen) atoms. The van der Waals surface area contributed by atoms with Crippen LogP contribution in [0.25, 0.3) is 0 Å². The van der Waals surface area contributed by atoms with Gasteiger partial charge in [0.2, 0.25) is 0 Å². The van der Waals surface area contributed by atoms with Crippen molar-refractivity contribution in [3.8, 4) is 0 Å². The summed E-state index contributed by atoms with van der Waals surface area (Å²) in [5, 5.41) is 0. The van der Waals surface area contributed by atoms with E-state index in [0.29, 0.717) is 59.0 Å². The molecule has 1 spiro atoms. The van der Waals surface area contributed by atoms with E-state index in [0.717, 1.165) is 70.1 Å². The number of hydrogen-bond acceptors (Lipinski definition) is 8. The quantitative estimate of drug-likeness (QED) is 0.125. The highest BCUT2D eigenvalue weighted by Gasteiger charge is 2.70. The van der Waals surface area contributed by atoms with Crippen LogP contribution in [0.2, 0.25) is 0 Å². The Bertz CT molecular complexity index is 1630. The number of cyclic esters (lactones) is 2. The smallest absolute Gasteiger partial charge is 0.317 e. The van der Waals surface area contributed by atoms with E-state index in [1.54, 1.807) is 6.92 Å². The van der Waals surface area contributed by atoms with Crippen molar-refractivity contribution < 1.29 is 38.2 Å². The van der Waals surface area contributed by atoms with Crippen LogP contribution in [0.3, 0.4) is 0 Å². The Hall–Kier alpha value is -2.25. The molecule has 10 rings (SSSR count). The van der Waals surface area contributed by atoms with Gasteiger partial charge in [-0.2, -0.15) is 0 Å². The van der Waals surface area contributed by atoms with Gasteiger partial charge >= 0.3 is 23.9 Å². The molecule has 296 valence electrons. The molecular formula is C46H64O8. The van der Waals surface area contributed by atoms with Crippen molar-refractivity contribution in [3.05, 3.63) is 0 Å². The summed E-state index contributed by atoms with van der Waals surface area (Å²) in [5.41, 5.74) is -0.732. The first-order valence-electron chi connectivity index (χ1n) is 22.4. The zero-order chi connectivity index (χ0) is 37.6. The maximum atomic E-state index is 14.6. The number of carbonyl (C=O) groups is 5. The summed E-state index contributed by atoms with van der Waals surface area (Å²) in [6.45, 7) is 10.1. The lowest BCUT2D eigenvalue weighted by atomic mass is 9.55. The molecule has 1 saturated heterocycles. The summed E-state index contributed by atoms with van der Waals surface area (Å²) in [5.74, 6) is 2.03. The summed E-state index contributed by atoms with van der Waals surface area (Å²) in [6.07, 6.45) is 16.0. The Morgan fingerprint density at radius 1 is 0.778 bits per heavy atom. The van der Waals surface area contributed by atoms with Gasteiger partial charge in [-0.05, 0) is 188 Å². The van der Waals surface area contributed by atoms with E-state index in [4.69, 9.17) is 14.2 Å². The molecule has 9 aliphatic carbocycles. The largest absolute Gasteiger partial charge is 0.459 e. The summed E-state index contributed by atoms with van der Waals surface area (Å²) >= 11 is 0. The number of esters is 4. The van der Waals surface area contributed by atoms with Crippen LogP contribution in [-0.4, -0.2) is 40.9 Å². The fourth-order valence-electron chi connectivity index (χ4n) is 17.5. The van der Waals surface area contributed by atoms with Gasteiger partial charge in [-0.25, -0.2) is 0 Å². The van der Waals surface area contributed by atoms with E-state index >= 15 is 0 Å². The van der Waals surface area contributed by atoms with E-state index in [1.807, 2.05) is 6.92 Å². The molecule has 8 bridgehead atoms. The van der Waals surface area contributed by atoms with Crippen LogP contribution in [0.4, 0.5) is 0 Å². The van der Waals surface area contributed by atoms with Crippen LogP contribution >= 0.6 is 0 Å². The summed E-state index contributed by atoms with van der Waals surface area (Å²) < 4.78 is 18.5. The predicted octanol–water partition coefficient (Wildman–Crippen LogP) is 8.13. The third kappa shape index (κ3) is 5.20. The average Bonchev–Trinajstić information content (AvgIpc) is 3.95. The van der Waals surface area contributed by atoms with Gasteiger partial charge in [0.25, 0.3) is 0 Å². The van der Waals surface area contributed by atoms with Gasteiger partial charge in [-0.15, -0.1) is 0 Å². The molecule has 0 aromatic carbocycles. The summed E-state index contributed by atoms with van der Waals surface area (Å²) in [7, 11) is 0. The van der Waals surface area contributed by atoms with Gasteiger partial charge in [-0.3, -0.25) is 24.0 Å². The molecule has 1 aliphatic heterocycles. The first kappa shape index (κ1) is 36.1. The maximum Gasteiger partial charge on any atom is 0.317 e. The second-order valence-corrected chi connectivity index (χ2v) is 21.9. The second-order valence-electron chi connectivity index (χ2n) is 21.9. The molecule has 8 heteroatoms. The average molecular weight is 745 g/mol. The van der Waals surface area contributed by atoms with Gasteiger partial charge in [0, 0.05) is 11.8 Å². The molecule has 0 aromatic heterocycles. The van der Waals surface area contributed by atoms with E-state index < -0.39 is 46.8 Å². The molecule has 9 saturated carbocycles. The van der Waals surface area contributed by atoms with Crippen molar-refractivity contribution in [2.45, 2.75) is 149 Å². The molecule has 20 atom stereocenters. The molecule has 0 radical (unpaired) electrons. The van der Waals surface area contributed by atoms with Crippen molar-refractivity contribution in [2.24, 2.45) is 106 Å². The highest BCUT2D eigenvalue weighted by molar-refractivity contribution is 5.97. The minimum absolute atomic E-state index is 0.0338. The number of rotatable bonds is 10. The number of hydrogen-bond donors (Lipinski definition) is 0. The fourth-order valence-corrected chi connectivity index (χ4v) is 17.5. The zero-order valence-corrected chi connectivity index (χ0v) is 33.4. The lowest BCUT2D eigenvalue weighted by Crippen LogP contribution is -2.46.